The highest BCUT2D eigenvalue weighted by Crippen LogP contribution is 2.49. The predicted molar refractivity (Wildman–Crippen MR) is 88.4 cm³/mol. The van der Waals surface area contributed by atoms with Crippen LogP contribution in [0, 0.1) is 35.5 Å². The van der Waals surface area contributed by atoms with E-state index in [1.54, 1.807) is 6.92 Å². The van der Waals surface area contributed by atoms with E-state index in [2.05, 4.69) is 11.8 Å². The summed E-state index contributed by atoms with van der Waals surface area (Å²) in [4.78, 5) is 11.9. The van der Waals surface area contributed by atoms with E-state index in [4.69, 9.17) is 0 Å². The van der Waals surface area contributed by atoms with Crippen LogP contribution < -0.4 is 0 Å². The second-order valence-electron chi connectivity index (χ2n) is 7.25. The quantitative estimate of drug-likeness (QED) is 0.823. The van der Waals surface area contributed by atoms with Gasteiger partial charge in [-0.3, -0.25) is 4.79 Å². The van der Waals surface area contributed by atoms with Crippen LogP contribution in [0.3, 0.4) is 0 Å². The lowest BCUT2D eigenvalue weighted by Crippen LogP contribution is -2.55. The molecule has 0 aliphatic heterocycles. The van der Waals surface area contributed by atoms with Crippen LogP contribution in [-0.2, 0) is 11.2 Å². The third kappa shape index (κ3) is 3.20. The molecule has 0 amide bonds. The summed E-state index contributed by atoms with van der Waals surface area (Å²) in [5.74, 6) is 6.37. The Morgan fingerprint density at radius 3 is 2.65 bits per heavy atom. The number of aliphatic hydroxyl groups excluding tert-OH is 1. The molecule has 0 saturated heterocycles. The molecular weight excluding hydrogens is 288 g/mol. The molecule has 3 nitrogen and oxygen atoms in total. The lowest BCUT2D eigenvalue weighted by Gasteiger charge is -2.49. The van der Waals surface area contributed by atoms with Gasteiger partial charge in [-0.05, 0) is 31.2 Å². The Kier molecular flexibility index (Phi) is 4.31. The molecule has 2 saturated carbocycles. The third-order valence-corrected chi connectivity index (χ3v) is 5.36. The van der Waals surface area contributed by atoms with Gasteiger partial charge < -0.3 is 10.2 Å². The van der Waals surface area contributed by atoms with Crippen LogP contribution in [0.2, 0.25) is 0 Å². The van der Waals surface area contributed by atoms with E-state index in [1.807, 2.05) is 37.3 Å². The van der Waals surface area contributed by atoms with Crippen molar-refractivity contribution in [1.29, 1.82) is 0 Å². The Bertz CT molecular complexity index is 638. The van der Waals surface area contributed by atoms with Crippen LogP contribution in [0.5, 0.6) is 0 Å². The zero-order valence-corrected chi connectivity index (χ0v) is 13.7. The molecule has 23 heavy (non-hydrogen) atoms. The number of Topliss-reactive ketones (excluding diaryl/α,β-unsaturated/α-hetero) is 1. The van der Waals surface area contributed by atoms with E-state index in [1.165, 1.54) is 0 Å². The predicted octanol–water partition coefficient (Wildman–Crippen LogP) is 2.21. The fourth-order valence-corrected chi connectivity index (χ4v) is 4.10. The second-order valence-corrected chi connectivity index (χ2v) is 7.25. The Morgan fingerprint density at radius 2 is 1.96 bits per heavy atom. The zero-order chi connectivity index (χ0) is 16.6. The first kappa shape index (κ1) is 16.2. The molecule has 2 aliphatic carbocycles. The number of fused-ring (bicyclic) bond motifs is 1. The molecule has 1 aromatic rings. The van der Waals surface area contributed by atoms with Crippen molar-refractivity contribution < 1.29 is 15.0 Å². The van der Waals surface area contributed by atoms with Gasteiger partial charge in [0.25, 0.3) is 0 Å². The third-order valence-electron chi connectivity index (χ3n) is 5.36. The molecule has 2 N–H and O–H groups in total. The minimum atomic E-state index is -1.13. The fourth-order valence-electron chi connectivity index (χ4n) is 4.10. The summed E-state index contributed by atoms with van der Waals surface area (Å²) in [7, 11) is 0. The minimum Gasteiger partial charge on any atom is -0.392 e. The van der Waals surface area contributed by atoms with Crippen LogP contribution in [0.15, 0.2) is 30.3 Å². The summed E-state index contributed by atoms with van der Waals surface area (Å²) in [5, 5.41) is 20.8. The van der Waals surface area contributed by atoms with Gasteiger partial charge >= 0.3 is 0 Å². The van der Waals surface area contributed by atoms with Crippen LogP contribution >= 0.6 is 0 Å². The van der Waals surface area contributed by atoms with Crippen LogP contribution in [-0.4, -0.2) is 27.7 Å². The number of rotatable bonds is 2. The molecule has 2 aliphatic rings. The SMILES string of the molecule is CC1C(=O)[C@H]2CC[C@@H](O)[C@H](C#C[C@@](C)(O)Cc3ccccc3)[C@@H]12. The number of aliphatic hydroxyl groups is 2. The first-order valence-electron chi connectivity index (χ1n) is 8.40. The second kappa shape index (κ2) is 6.11. The van der Waals surface area contributed by atoms with Crippen molar-refractivity contribution in [2.75, 3.05) is 0 Å². The molecule has 3 heteroatoms. The summed E-state index contributed by atoms with van der Waals surface area (Å²) < 4.78 is 0. The molecule has 0 bridgehead atoms. The summed E-state index contributed by atoms with van der Waals surface area (Å²) in [6, 6.07) is 9.76. The molecule has 1 aromatic carbocycles. The van der Waals surface area contributed by atoms with E-state index in [0.717, 1.165) is 12.0 Å². The maximum absolute atomic E-state index is 11.9. The average molecular weight is 312 g/mol. The number of hydrogen-bond acceptors (Lipinski definition) is 3. The van der Waals surface area contributed by atoms with Gasteiger partial charge in [-0.2, -0.15) is 0 Å². The molecule has 0 spiro atoms. The largest absolute Gasteiger partial charge is 0.392 e. The van der Waals surface area contributed by atoms with Gasteiger partial charge in [0, 0.05) is 18.3 Å². The maximum Gasteiger partial charge on any atom is 0.139 e. The van der Waals surface area contributed by atoms with E-state index in [-0.39, 0.29) is 23.7 Å². The Hall–Kier alpha value is -1.63. The van der Waals surface area contributed by atoms with Gasteiger partial charge in [0.05, 0.1) is 12.0 Å². The molecule has 1 unspecified atom stereocenters. The molecule has 2 fully saturated rings. The average Bonchev–Trinajstić information content (AvgIpc) is 2.53. The smallest absolute Gasteiger partial charge is 0.139 e. The highest BCUT2D eigenvalue weighted by atomic mass is 16.3. The molecule has 6 atom stereocenters. The molecule has 0 radical (unpaired) electrons. The van der Waals surface area contributed by atoms with Gasteiger partial charge in [-0.15, -0.1) is 0 Å². The molecular formula is C20H24O3. The van der Waals surface area contributed by atoms with Gasteiger partial charge in [-0.25, -0.2) is 0 Å². The standard InChI is InChI=1S/C20H24O3/c1-13-18-15(17(21)9-8-16(18)19(13)22)10-11-20(2,23)12-14-6-4-3-5-7-14/h3-7,13,15-18,21,23H,8-9,12H2,1-2H3/t13?,15-,16-,17+,18+,20+/m0/s1. The number of hydrogen-bond donors (Lipinski definition) is 2. The first-order valence-corrected chi connectivity index (χ1v) is 8.40. The summed E-state index contributed by atoms with van der Waals surface area (Å²) in [6.45, 7) is 3.63. The van der Waals surface area contributed by atoms with Gasteiger partial charge in [0.15, 0.2) is 0 Å². The van der Waals surface area contributed by atoms with Crippen molar-refractivity contribution in [3.8, 4) is 11.8 Å². The van der Waals surface area contributed by atoms with Gasteiger partial charge in [0.2, 0.25) is 0 Å². The summed E-state index contributed by atoms with van der Waals surface area (Å²) in [6.07, 6.45) is 1.35. The number of benzene rings is 1. The lowest BCUT2D eigenvalue weighted by molar-refractivity contribution is -0.151. The highest BCUT2D eigenvalue weighted by molar-refractivity contribution is 5.90. The zero-order valence-electron chi connectivity index (χ0n) is 13.7. The van der Waals surface area contributed by atoms with Crippen molar-refractivity contribution in [3.63, 3.8) is 0 Å². The van der Waals surface area contributed by atoms with Crippen molar-refractivity contribution in [2.24, 2.45) is 23.7 Å². The lowest BCUT2D eigenvalue weighted by atomic mass is 9.53. The summed E-state index contributed by atoms with van der Waals surface area (Å²) in [5.41, 5.74) is -0.105. The molecule has 0 heterocycles. The molecule has 0 aromatic heterocycles. The van der Waals surface area contributed by atoms with Crippen molar-refractivity contribution in [2.45, 2.75) is 44.8 Å². The summed E-state index contributed by atoms with van der Waals surface area (Å²) >= 11 is 0. The van der Waals surface area contributed by atoms with Crippen molar-refractivity contribution in [1.82, 2.24) is 0 Å². The molecule has 122 valence electrons. The monoisotopic (exact) mass is 312 g/mol. The van der Waals surface area contributed by atoms with Crippen LogP contribution in [0.25, 0.3) is 0 Å². The van der Waals surface area contributed by atoms with Crippen LogP contribution in [0.4, 0.5) is 0 Å². The van der Waals surface area contributed by atoms with E-state index in [0.29, 0.717) is 18.6 Å². The minimum absolute atomic E-state index is 0.0201. The first-order chi connectivity index (χ1) is 10.9. The Balaban J connectivity index is 1.75. The van der Waals surface area contributed by atoms with E-state index >= 15 is 0 Å². The Morgan fingerprint density at radius 1 is 1.26 bits per heavy atom. The van der Waals surface area contributed by atoms with Crippen molar-refractivity contribution >= 4 is 5.78 Å². The maximum atomic E-state index is 11.9. The normalized spacial score (nSPS) is 35.3. The topological polar surface area (TPSA) is 57.5 Å². The Labute approximate surface area is 137 Å². The van der Waals surface area contributed by atoms with E-state index < -0.39 is 11.7 Å². The fraction of sp³-hybridized carbons (Fsp3) is 0.550. The number of carbonyl (C=O) groups excluding carboxylic acids is 1. The number of carbonyl (C=O) groups is 1. The van der Waals surface area contributed by atoms with Gasteiger partial charge in [0.1, 0.15) is 11.4 Å². The number of ketones is 1. The van der Waals surface area contributed by atoms with Gasteiger partial charge in [-0.1, -0.05) is 49.1 Å². The van der Waals surface area contributed by atoms with E-state index in [9.17, 15) is 15.0 Å². The van der Waals surface area contributed by atoms with Crippen molar-refractivity contribution in [3.05, 3.63) is 35.9 Å². The molecule has 3 rings (SSSR count). The van der Waals surface area contributed by atoms with Crippen LogP contribution in [0.1, 0.15) is 32.3 Å². The highest BCUT2D eigenvalue weighted by Gasteiger charge is 2.54.